The lowest BCUT2D eigenvalue weighted by molar-refractivity contribution is 0.454. The van der Waals surface area contributed by atoms with Crippen LogP contribution in [-0.4, -0.2) is 0 Å². The molecule has 3 nitrogen and oxygen atoms in total. The van der Waals surface area contributed by atoms with Crippen molar-refractivity contribution >= 4 is 15.9 Å². The Bertz CT molecular complexity index is 462. The van der Waals surface area contributed by atoms with Gasteiger partial charge in [0.05, 0.1) is 12.3 Å². The summed E-state index contributed by atoms with van der Waals surface area (Å²) in [4.78, 5) is 0. The molecular weight excluding hydrogens is 280 g/mol. The van der Waals surface area contributed by atoms with E-state index in [2.05, 4.69) is 46.5 Å². The number of hydrogen-bond donors (Lipinski definition) is 2. The number of nitrogens with two attached hydrogens (primary N) is 1. The predicted octanol–water partition coefficient (Wildman–Crippen LogP) is 3.10. The lowest BCUT2D eigenvalue weighted by Crippen LogP contribution is -2.29. The van der Waals surface area contributed by atoms with E-state index < -0.39 is 0 Å². The Balaban J connectivity index is 2.22. The summed E-state index contributed by atoms with van der Waals surface area (Å²) in [6.07, 6.45) is 2.41. The largest absolute Gasteiger partial charge is 0.469 e. The van der Waals surface area contributed by atoms with Gasteiger partial charge >= 0.3 is 0 Å². The monoisotopic (exact) mass is 294 g/mol. The fraction of sp³-hybridized carbons (Fsp3) is 0.231. The minimum atomic E-state index is 0.0531. The second kappa shape index (κ2) is 5.49. The molecule has 0 saturated carbocycles. The van der Waals surface area contributed by atoms with E-state index in [0.29, 0.717) is 0 Å². The summed E-state index contributed by atoms with van der Waals surface area (Å²) in [5, 5.41) is 0. The normalized spacial score (nSPS) is 12.6. The highest BCUT2D eigenvalue weighted by molar-refractivity contribution is 9.10. The van der Waals surface area contributed by atoms with Crippen molar-refractivity contribution in [2.75, 3.05) is 0 Å². The molecule has 2 aromatic rings. The summed E-state index contributed by atoms with van der Waals surface area (Å²) in [6.45, 7) is 2.06. The average Bonchev–Trinajstić information content (AvgIpc) is 2.77. The molecular formula is C13H15BrN2O. The molecule has 0 spiro atoms. The predicted molar refractivity (Wildman–Crippen MR) is 71.4 cm³/mol. The molecule has 4 heteroatoms. The van der Waals surface area contributed by atoms with Crippen molar-refractivity contribution in [3.63, 3.8) is 0 Å². The number of nitrogens with one attached hydrogen (secondary N) is 1. The van der Waals surface area contributed by atoms with Crippen molar-refractivity contribution in [1.82, 2.24) is 5.43 Å². The third-order valence-electron chi connectivity index (χ3n) is 2.65. The molecule has 1 aromatic carbocycles. The Labute approximate surface area is 109 Å². The van der Waals surface area contributed by atoms with E-state index in [1.165, 1.54) is 5.56 Å². The molecule has 0 amide bonds. The number of hydrogen-bond acceptors (Lipinski definition) is 3. The van der Waals surface area contributed by atoms with E-state index in [0.717, 1.165) is 22.2 Å². The van der Waals surface area contributed by atoms with Crippen LogP contribution in [-0.2, 0) is 6.42 Å². The second-order valence-electron chi connectivity index (χ2n) is 4.06. The van der Waals surface area contributed by atoms with Crippen molar-refractivity contribution in [3.8, 4) is 0 Å². The van der Waals surface area contributed by atoms with E-state index in [4.69, 9.17) is 10.3 Å². The molecule has 0 aliphatic carbocycles. The highest BCUT2D eigenvalue weighted by Crippen LogP contribution is 2.23. The molecule has 1 heterocycles. The summed E-state index contributed by atoms with van der Waals surface area (Å²) >= 11 is 3.50. The van der Waals surface area contributed by atoms with Crippen molar-refractivity contribution in [2.45, 2.75) is 19.4 Å². The number of rotatable bonds is 4. The van der Waals surface area contributed by atoms with Gasteiger partial charge in [0, 0.05) is 10.9 Å². The van der Waals surface area contributed by atoms with E-state index in [-0.39, 0.29) is 6.04 Å². The third-order valence-corrected chi connectivity index (χ3v) is 3.11. The molecule has 0 fully saturated rings. The summed E-state index contributed by atoms with van der Waals surface area (Å²) in [5.41, 5.74) is 5.18. The van der Waals surface area contributed by atoms with Crippen LogP contribution in [0.4, 0.5) is 0 Å². The lowest BCUT2D eigenvalue weighted by Gasteiger charge is -2.16. The van der Waals surface area contributed by atoms with Gasteiger partial charge in [-0.3, -0.25) is 11.3 Å². The van der Waals surface area contributed by atoms with Crippen LogP contribution in [0.1, 0.15) is 22.9 Å². The van der Waals surface area contributed by atoms with Crippen LogP contribution in [0.25, 0.3) is 0 Å². The summed E-state index contributed by atoms with van der Waals surface area (Å²) < 4.78 is 6.40. The molecule has 1 atom stereocenters. The van der Waals surface area contributed by atoms with Gasteiger partial charge in [-0.05, 0) is 42.3 Å². The molecule has 0 radical (unpaired) electrons. The maximum atomic E-state index is 5.61. The van der Waals surface area contributed by atoms with Gasteiger partial charge in [-0.1, -0.05) is 22.0 Å². The van der Waals surface area contributed by atoms with Crippen molar-refractivity contribution in [3.05, 3.63) is 58.0 Å². The highest BCUT2D eigenvalue weighted by atomic mass is 79.9. The quantitative estimate of drug-likeness (QED) is 0.673. The Hall–Kier alpha value is -1.10. The van der Waals surface area contributed by atoms with Gasteiger partial charge in [-0.2, -0.15) is 0 Å². The lowest BCUT2D eigenvalue weighted by atomic mass is 10.0. The maximum absolute atomic E-state index is 5.61. The Kier molecular flexibility index (Phi) is 3.99. The van der Waals surface area contributed by atoms with Crippen molar-refractivity contribution in [1.29, 1.82) is 0 Å². The first kappa shape index (κ1) is 12.4. The Morgan fingerprint density at radius 1 is 1.41 bits per heavy atom. The standard InChI is InChI=1S/C13H15BrN2O/c1-9-5-10(7-11(14)6-9)13(16-15)8-12-3-2-4-17-12/h2-7,13,16H,8,15H2,1H3. The first-order valence-corrected chi connectivity index (χ1v) is 6.24. The minimum absolute atomic E-state index is 0.0531. The Morgan fingerprint density at radius 2 is 2.24 bits per heavy atom. The SMILES string of the molecule is Cc1cc(Br)cc(C(Cc2ccco2)NN)c1. The van der Waals surface area contributed by atoms with Crippen LogP contribution in [0.3, 0.4) is 0 Å². The molecule has 1 aromatic heterocycles. The van der Waals surface area contributed by atoms with Crippen molar-refractivity contribution < 1.29 is 4.42 Å². The minimum Gasteiger partial charge on any atom is -0.469 e. The van der Waals surface area contributed by atoms with E-state index >= 15 is 0 Å². The van der Waals surface area contributed by atoms with Crippen LogP contribution in [0.5, 0.6) is 0 Å². The molecule has 90 valence electrons. The van der Waals surface area contributed by atoms with E-state index in [1.807, 2.05) is 12.1 Å². The number of halogens is 1. The van der Waals surface area contributed by atoms with Gasteiger partial charge in [0.1, 0.15) is 5.76 Å². The molecule has 0 aliphatic heterocycles. The number of aryl methyl sites for hydroxylation is 1. The van der Waals surface area contributed by atoms with Crippen LogP contribution >= 0.6 is 15.9 Å². The average molecular weight is 295 g/mol. The zero-order valence-electron chi connectivity index (χ0n) is 9.61. The van der Waals surface area contributed by atoms with Crippen LogP contribution in [0.15, 0.2) is 45.5 Å². The Morgan fingerprint density at radius 3 is 2.82 bits per heavy atom. The van der Waals surface area contributed by atoms with Gasteiger partial charge in [0.15, 0.2) is 0 Å². The number of furan rings is 1. The molecule has 0 bridgehead atoms. The molecule has 0 saturated heterocycles. The molecule has 2 rings (SSSR count). The topological polar surface area (TPSA) is 51.2 Å². The van der Waals surface area contributed by atoms with Crippen LogP contribution in [0, 0.1) is 6.92 Å². The van der Waals surface area contributed by atoms with E-state index in [9.17, 15) is 0 Å². The smallest absolute Gasteiger partial charge is 0.105 e. The number of benzene rings is 1. The second-order valence-corrected chi connectivity index (χ2v) is 4.98. The highest BCUT2D eigenvalue weighted by Gasteiger charge is 2.13. The van der Waals surface area contributed by atoms with Gasteiger partial charge in [-0.25, -0.2) is 0 Å². The van der Waals surface area contributed by atoms with Gasteiger partial charge < -0.3 is 4.42 Å². The molecule has 1 unspecified atom stereocenters. The zero-order chi connectivity index (χ0) is 12.3. The fourth-order valence-electron chi connectivity index (χ4n) is 1.87. The number of hydrazine groups is 1. The van der Waals surface area contributed by atoms with Gasteiger partial charge in [0.2, 0.25) is 0 Å². The summed E-state index contributed by atoms with van der Waals surface area (Å²) in [7, 11) is 0. The molecule has 17 heavy (non-hydrogen) atoms. The van der Waals surface area contributed by atoms with Gasteiger partial charge in [-0.15, -0.1) is 0 Å². The third kappa shape index (κ3) is 3.19. The maximum Gasteiger partial charge on any atom is 0.105 e. The summed E-state index contributed by atoms with van der Waals surface area (Å²) in [6, 6.07) is 10.2. The molecule has 0 aliphatic rings. The first-order chi connectivity index (χ1) is 8.19. The first-order valence-electron chi connectivity index (χ1n) is 5.44. The summed E-state index contributed by atoms with van der Waals surface area (Å²) in [5.74, 6) is 6.54. The van der Waals surface area contributed by atoms with Crippen LogP contribution < -0.4 is 11.3 Å². The molecule has 3 N–H and O–H groups in total. The van der Waals surface area contributed by atoms with Crippen molar-refractivity contribution in [2.24, 2.45) is 5.84 Å². The van der Waals surface area contributed by atoms with E-state index in [1.54, 1.807) is 6.26 Å². The van der Waals surface area contributed by atoms with Crippen LogP contribution in [0.2, 0.25) is 0 Å². The zero-order valence-corrected chi connectivity index (χ0v) is 11.2. The van der Waals surface area contributed by atoms with Gasteiger partial charge in [0.25, 0.3) is 0 Å². The fourth-order valence-corrected chi connectivity index (χ4v) is 2.49.